The molecular weight excluding hydrogens is 331 g/mol. The van der Waals surface area contributed by atoms with Crippen molar-refractivity contribution in [2.45, 2.75) is 12.2 Å². The summed E-state index contributed by atoms with van der Waals surface area (Å²) in [6, 6.07) is 18.2. The van der Waals surface area contributed by atoms with Crippen LogP contribution in [0.5, 0.6) is 5.75 Å². The molecule has 3 rings (SSSR count). The summed E-state index contributed by atoms with van der Waals surface area (Å²) in [6.07, 6.45) is -5.08. The maximum absolute atomic E-state index is 12.6. The molecule has 6 heteroatoms. The van der Waals surface area contributed by atoms with Gasteiger partial charge in [0.1, 0.15) is 5.75 Å². The Labute approximate surface area is 141 Å². The van der Waals surface area contributed by atoms with E-state index in [0.717, 1.165) is 5.39 Å². The Morgan fingerprint density at radius 2 is 1.56 bits per heavy atom. The van der Waals surface area contributed by atoms with Crippen LogP contribution in [-0.4, -0.2) is 12.1 Å². The van der Waals surface area contributed by atoms with Gasteiger partial charge in [-0.05, 0) is 22.4 Å². The first kappa shape index (κ1) is 17.0. The van der Waals surface area contributed by atoms with E-state index in [0.29, 0.717) is 16.5 Å². The number of rotatable bonds is 3. The van der Waals surface area contributed by atoms with E-state index in [2.05, 4.69) is 4.74 Å². The molecule has 0 amide bonds. The lowest BCUT2D eigenvalue weighted by atomic mass is 9.93. The Kier molecular flexibility index (Phi) is 4.46. The molecule has 128 valence electrons. The van der Waals surface area contributed by atoms with Crippen molar-refractivity contribution < 1.29 is 22.7 Å². The van der Waals surface area contributed by atoms with Crippen LogP contribution in [0.4, 0.5) is 13.2 Å². The SMILES string of the molecule is NC(c1ccccc1)c1c(OC(=O)C(F)(F)F)ccc2ccccc12. The molecule has 0 heterocycles. The Balaban J connectivity index is 2.15. The van der Waals surface area contributed by atoms with Crippen molar-refractivity contribution in [1.82, 2.24) is 0 Å². The van der Waals surface area contributed by atoms with Crippen molar-refractivity contribution in [3.63, 3.8) is 0 Å². The maximum Gasteiger partial charge on any atom is 0.491 e. The summed E-state index contributed by atoms with van der Waals surface area (Å²) in [5.41, 5.74) is 7.33. The number of carbonyl (C=O) groups excluding carboxylic acids is 1. The van der Waals surface area contributed by atoms with Gasteiger partial charge in [-0.3, -0.25) is 0 Å². The molecule has 0 aliphatic carbocycles. The van der Waals surface area contributed by atoms with E-state index in [9.17, 15) is 18.0 Å². The molecule has 25 heavy (non-hydrogen) atoms. The molecule has 1 atom stereocenters. The standard InChI is InChI=1S/C19H14F3NO2/c20-19(21,22)18(24)25-15-11-10-12-6-4-5-9-14(12)16(15)17(23)13-7-2-1-3-8-13/h1-11,17H,23H2. The molecule has 0 fully saturated rings. The second kappa shape index (κ2) is 6.57. The molecule has 3 aromatic carbocycles. The Morgan fingerprint density at radius 1 is 0.920 bits per heavy atom. The van der Waals surface area contributed by atoms with Crippen molar-refractivity contribution in [1.29, 1.82) is 0 Å². The van der Waals surface area contributed by atoms with Crippen LogP contribution in [0.15, 0.2) is 66.7 Å². The lowest BCUT2D eigenvalue weighted by Gasteiger charge is -2.19. The zero-order valence-corrected chi connectivity index (χ0v) is 13.0. The highest BCUT2D eigenvalue weighted by Gasteiger charge is 2.42. The quantitative estimate of drug-likeness (QED) is 0.567. The predicted octanol–water partition coefficient (Wildman–Crippen LogP) is 4.36. The predicted molar refractivity (Wildman–Crippen MR) is 88.1 cm³/mol. The van der Waals surface area contributed by atoms with E-state index in [4.69, 9.17) is 5.73 Å². The van der Waals surface area contributed by atoms with Gasteiger partial charge in [0.05, 0.1) is 6.04 Å². The minimum atomic E-state index is -5.08. The highest BCUT2D eigenvalue weighted by atomic mass is 19.4. The average Bonchev–Trinajstić information content (AvgIpc) is 2.61. The van der Waals surface area contributed by atoms with E-state index in [1.165, 1.54) is 6.07 Å². The molecule has 0 aliphatic heterocycles. The molecule has 3 aromatic rings. The number of ether oxygens (including phenoxy) is 1. The van der Waals surface area contributed by atoms with Gasteiger partial charge in [-0.2, -0.15) is 13.2 Å². The lowest BCUT2D eigenvalue weighted by molar-refractivity contribution is -0.189. The number of fused-ring (bicyclic) bond motifs is 1. The third kappa shape index (κ3) is 3.49. The summed E-state index contributed by atoms with van der Waals surface area (Å²) >= 11 is 0. The minimum absolute atomic E-state index is 0.197. The molecule has 1 unspecified atom stereocenters. The number of alkyl halides is 3. The maximum atomic E-state index is 12.6. The summed E-state index contributed by atoms with van der Waals surface area (Å²) in [5, 5.41) is 1.42. The summed E-state index contributed by atoms with van der Waals surface area (Å²) in [7, 11) is 0. The van der Waals surface area contributed by atoms with E-state index in [1.807, 2.05) is 18.2 Å². The second-order valence-corrected chi connectivity index (χ2v) is 5.47. The first-order valence-corrected chi connectivity index (χ1v) is 7.49. The van der Waals surface area contributed by atoms with Crippen LogP contribution in [0.3, 0.4) is 0 Å². The van der Waals surface area contributed by atoms with Gasteiger partial charge in [0.15, 0.2) is 0 Å². The number of esters is 1. The van der Waals surface area contributed by atoms with Gasteiger partial charge in [-0.25, -0.2) is 4.79 Å². The topological polar surface area (TPSA) is 52.3 Å². The molecule has 0 bridgehead atoms. The molecule has 3 nitrogen and oxygen atoms in total. The average molecular weight is 345 g/mol. The van der Waals surface area contributed by atoms with Crippen LogP contribution in [0.2, 0.25) is 0 Å². The van der Waals surface area contributed by atoms with Gasteiger partial charge in [0, 0.05) is 5.56 Å². The molecule has 0 saturated carbocycles. The molecule has 0 spiro atoms. The van der Waals surface area contributed by atoms with Gasteiger partial charge < -0.3 is 10.5 Å². The van der Waals surface area contributed by atoms with Crippen molar-refractivity contribution in [2.24, 2.45) is 5.73 Å². The fourth-order valence-corrected chi connectivity index (χ4v) is 2.67. The zero-order chi connectivity index (χ0) is 18.0. The largest absolute Gasteiger partial charge is 0.491 e. The van der Waals surface area contributed by atoms with E-state index in [1.54, 1.807) is 42.5 Å². The normalized spacial score (nSPS) is 12.8. The smallest absolute Gasteiger partial charge is 0.419 e. The Bertz CT molecular complexity index is 907. The van der Waals surface area contributed by atoms with E-state index < -0.39 is 18.2 Å². The molecule has 0 saturated heterocycles. The number of nitrogens with two attached hydrogens (primary N) is 1. The summed E-state index contributed by atoms with van der Waals surface area (Å²) < 4.78 is 42.4. The third-order valence-electron chi connectivity index (χ3n) is 3.83. The number of hydrogen-bond donors (Lipinski definition) is 1. The first-order chi connectivity index (χ1) is 11.9. The number of halogens is 3. The molecule has 0 radical (unpaired) electrons. The van der Waals surface area contributed by atoms with Crippen molar-refractivity contribution in [3.05, 3.63) is 77.9 Å². The summed E-state index contributed by atoms with van der Waals surface area (Å²) in [5.74, 6) is -2.47. The van der Waals surface area contributed by atoms with Crippen molar-refractivity contribution in [3.8, 4) is 5.75 Å². The Morgan fingerprint density at radius 3 is 2.24 bits per heavy atom. The van der Waals surface area contributed by atoms with Crippen LogP contribution in [-0.2, 0) is 4.79 Å². The van der Waals surface area contributed by atoms with Crippen molar-refractivity contribution >= 4 is 16.7 Å². The van der Waals surface area contributed by atoms with Crippen LogP contribution < -0.4 is 10.5 Å². The molecule has 0 aliphatic rings. The van der Waals surface area contributed by atoms with Crippen LogP contribution in [0.25, 0.3) is 10.8 Å². The monoisotopic (exact) mass is 345 g/mol. The third-order valence-corrected chi connectivity index (χ3v) is 3.83. The van der Waals surface area contributed by atoms with Crippen molar-refractivity contribution in [2.75, 3.05) is 0 Å². The number of carbonyl (C=O) groups is 1. The fraction of sp³-hybridized carbons (Fsp3) is 0.105. The lowest BCUT2D eigenvalue weighted by Crippen LogP contribution is -2.29. The number of benzene rings is 3. The highest BCUT2D eigenvalue weighted by Crippen LogP contribution is 2.36. The zero-order valence-electron chi connectivity index (χ0n) is 13.0. The van der Waals surface area contributed by atoms with Crippen LogP contribution in [0.1, 0.15) is 17.2 Å². The first-order valence-electron chi connectivity index (χ1n) is 7.49. The molecule has 0 aromatic heterocycles. The second-order valence-electron chi connectivity index (χ2n) is 5.47. The Hall–Kier alpha value is -2.86. The number of hydrogen-bond acceptors (Lipinski definition) is 3. The summed E-state index contributed by atoms with van der Waals surface area (Å²) in [4.78, 5) is 11.3. The molecular formula is C19H14F3NO2. The van der Waals surface area contributed by atoms with Gasteiger partial charge in [-0.15, -0.1) is 0 Å². The van der Waals surface area contributed by atoms with Gasteiger partial charge in [0.2, 0.25) is 0 Å². The minimum Gasteiger partial charge on any atom is -0.419 e. The van der Waals surface area contributed by atoms with Gasteiger partial charge in [-0.1, -0.05) is 60.7 Å². The highest BCUT2D eigenvalue weighted by molar-refractivity contribution is 5.90. The molecule has 2 N–H and O–H groups in total. The van der Waals surface area contributed by atoms with Crippen LogP contribution in [0, 0.1) is 0 Å². The van der Waals surface area contributed by atoms with Crippen LogP contribution >= 0.6 is 0 Å². The van der Waals surface area contributed by atoms with Gasteiger partial charge >= 0.3 is 12.1 Å². The fourth-order valence-electron chi connectivity index (χ4n) is 2.67. The van der Waals surface area contributed by atoms with E-state index >= 15 is 0 Å². The summed E-state index contributed by atoms with van der Waals surface area (Å²) in [6.45, 7) is 0. The van der Waals surface area contributed by atoms with Gasteiger partial charge in [0.25, 0.3) is 0 Å². The van der Waals surface area contributed by atoms with E-state index in [-0.39, 0.29) is 5.75 Å².